The zero-order valence-corrected chi connectivity index (χ0v) is 20.0. The maximum atomic E-state index is 5.35. The Morgan fingerprint density at radius 2 is 1.75 bits per heavy atom. The topological polar surface area (TPSA) is 61.4 Å². The molecule has 0 radical (unpaired) electrons. The molecule has 1 aromatic rings. The Morgan fingerprint density at radius 1 is 1.04 bits per heavy atom. The Labute approximate surface area is 186 Å². The van der Waals surface area contributed by atoms with Gasteiger partial charge in [0.15, 0.2) is 17.5 Å². The normalized spacial score (nSPS) is 15.6. The van der Waals surface area contributed by atoms with Gasteiger partial charge in [0.2, 0.25) is 0 Å². The summed E-state index contributed by atoms with van der Waals surface area (Å²) < 4.78 is 10.6. The molecule has 0 saturated carbocycles. The summed E-state index contributed by atoms with van der Waals surface area (Å²) in [5.74, 6) is 2.30. The van der Waals surface area contributed by atoms with Gasteiger partial charge in [0.1, 0.15) is 0 Å². The summed E-state index contributed by atoms with van der Waals surface area (Å²) in [5, 5.41) is 6.74. The lowest BCUT2D eigenvalue weighted by Crippen LogP contribution is -2.44. The molecule has 1 fully saturated rings. The monoisotopic (exact) mass is 505 g/mol. The van der Waals surface area contributed by atoms with E-state index in [1.165, 1.54) is 39.1 Å². The minimum absolute atomic E-state index is 0. The van der Waals surface area contributed by atoms with Crippen molar-refractivity contribution in [2.75, 3.05) is 67.6 Å². The van der Waals surface area contributed by atoms with Crippen LogP contribution in [0.5, 0.6) is 11.5 Å². The van der Waals surface area contributed by atoms with Crippen molar-refractivity contribution in [3.63, 3.8) is 0 Å². The first-order valence-electron chi connectivity index (χ1n) is 9.72. The van der Waals surface area contributed by atoms with Crippen LogP contribution in [0.1, 0.15) is 18.4 Å². The summed E-state index contributed by atoms with van der Waals surface area (Å²) in [6.45, 7) is 7.56. The third kappa shape index (κ3) is 8.40. The van der Waals surface area contributed by atoms with Crippen LogP contribution in [-0.4, -0.2) is 83.3 Å². The number of benzene rings is 1. The molecule has 2 rings (SSSR count). The van der Waals surface area contributed by atoms with Crippen molar-refractivity contribution in [3.05, 3.63) is 23.8 Å². The van der Waals surface area contributed by atoms with Gasteiger partial charge in [-0.15, -0.1) is 24.0 Å². The van der Waals surface area contributed by atoms with E-state index in [0.717, 1.165) is 36.0 Å². The molecule has 1 aromatic carbocycles. The Bertz CT molecular complexity index is 592. The molecular formula is C20H36IN5O2. The van der Waals surface area contributed by atoms with Crippen molar-refractivity contribution in [2.24, 2.45) is 4.99 Å². The largest absolute Gasteiger partial charge is 0.493 e. The Balaban J connectivity index is 0.00000392. The third-order valence-corrected chi connectivity index (χ3v) is 4.92. The van der Waals surface area contributed by atoms with Crippen molar-refractivity contribution < 1.29 is 9.47 Å². The number of methoxy groups -OCH3 is 2. The third-order valence-electron chi connectivity index (χ3n) is 4.92. The van der Waals surface area contributed by atoms with E-state index >= 15 is 0 Å². The van der Waals surface area contributed by atoms with Gasteiger partial charge in [0.25, 0.3) is 0 Å². The zero-order valence-electron chi connectivity index (χ0n) is 17.7. The Kier molecular flexibility index (Phi) is 12.2. The second kappa shape index (κ2) is 13.8. The van der Waals surface area contributed by atoms with Crippen LogP contribution in [-0.2, 0) is 6.54 Å². The van der Waals surface area contributed by atoms with Crippen LogP contribution in [0.25, 0.3) is 0 Å². The molecule has 0 aromatic heterocycles. The number of likely N-dealkylation sites (N-methyl/N-ethyl adjacent to an activating group) is 1. The number of piperazine rings is 1. The van der Waals surface area contributed by atoms with Crippen LogP contribution in [0.2, 0.25) is 0 Å². The predicted molar refractivity (Wildman–Crippen MR) is 126 cm³/mol. The average molecular weight is 505 g/mol. The lowest BCUT2D eigenvalue weighted by molar-refractivity contribution is 0.152. The van der Waals surface area contributed by atoms with Gasteiger partial charge >= 0.3 is 0 Å². The molecule has 1 saturated heterocycles. The van der Waals surface area contributed by atoms with Gasteiger partial charge in [-0.05, 0) is 44.1 Å². The molecule has 0 unspecified atom stereocenters. The number of unbranched alkanes of at least 4 members (excludes halogenated alkanes) is 1. The average Bonchev–Trinajstić information content (AvgIpc) is 2.71. The molecular weight excluding hydrogens is 469 g/mol. The number of aliphatic imine (C=N–C) groups is 1. The van der Waals surface area contributed by atoms with Crippen molar-refractivity contribution in [3.8, 4) is 11.5 Å². The first kappa shape index (κ1) is 24.8. The van der Waals surface area contributed by atoms with Gasteiger partial charge in [-0.3, -0.25) is 4.99 Å². The highest BCUT2D eigenvalue weighted by Gasteiger charge is 2.12. The molecule has 28 heavy (non-hydrogen) atoms. The van der Waals surface area contributed by atoms with Crippen molar-refractivity contribution in [2.45, 2.75) is 19.4 Å². The maximum Gasteiger partial charge on any atom is 0.191 e. The number of rotatable bonds is 9. The first-order chi connectivity index (χ1) is 13.2. The second-order valence-corrected chi connectivity index (χ2v) is 6.89. The van der Waals surface area contributed by atoms with E-state index in [4.69, 9.17) is 9.47 Å². The van der Waals surface area contributed by atoms with E-state index in [0.29, 0.717) is 6.54 Å². The molecule has 0 amide bonds. The SMILES string of the molecule is CN=C(NCCCCN1CCN(C)CC1)NCc1ccc(OC)c(OC)c1.I. The van der Waals surface area contributed by atoms with Crippen LogP contribution < -0.4 is 20.1 Å². The van der Waals surface area contributed by atoms with Crippen LogP contribution in [0.15, 0.2) is 23.2 Å². The highest BCUT2D eigenvalue weighted by Crippen LogP contribution is 2.27. The van der Waals surface area contributed by atoms with Crippen LogP contribution >= 0.6 is 24.0 Å². The van der Waals surface area contributed by atoms with Crippen LogP contribution in [0, 0.1) is 0 Å². The summed E-state index contributed by atoms with van der Waals surface area (Å²) in [5.41, 5.74) is 1.12. The van der Waals surface area contributed by atoms with E-state index in [-0.39, 0.29) is 24.0 Å². The van der Waals surface area contributed by atoms with Gasteiger partial charge in [-0.2, -0.15) is 0 Å². The second-order valence-electron chi connectivity index (χ2n) is 6.89. The number of nitrogens with zero attached hydrogens (tertiary/aromatic N) is 3. The van der Waals surface area contributed by atoms with Gasteiger partial charge in [0, 0.05) is 46.3 Å². The van der Waals surface area contributed by atoms with Crippen LogP contribution in [0.4, 0.5) is 0 Å². The zero-order chi connectivity index (χ0) is 19.5. The van der Waals surface area contributed by atoms with Crippen molar-refractivity contribution in [1.29, 1.82) is 0 Å². The minimum atomic E-state index is 0. The number of nitrogens with one attached hydrogen (secondary N) is 2. The number of halogens is 1. The highest BCUT2D eigenvalue weighted by atomic mass is 127. The van der Waals surface area contributed by atoms with E-state index in [1.54, 1.807) is 21.3 Å². The van der Waals surface area contributed by atoms with Crippen LogP contribution in [0.3, 0.4) is 0 Å². The fraction of sp³-hybridized carbons (Fsp3) is 0.650. The summed E-state index contributed by atoms with van der Waals surface area (Å²) in [6, 6.07) is 5.93. The molecule has 1 aliphatic heterocycles. The quantitative estimate of drug-likeness (QED) is 0.232. The maximum absolute atomic E-state index is 5.35. The standard InChI is InChI=1S/C20H35N5O2.HI/c1-21-20(22-9-5-6-10-25-13-11-24(2)12-14-25)23-16-17-7-8-18(26-3)19(15-17)27-4;/h7-8,15H,5-6,9-14,16H2,1-4H3,(H2,21,22,23);1H. The number of hydrogen-bond acceptors (Lipinski definition) is 5. The smallest absolute Gasteiger partial charge is 0.191 e. The summed E-state index contributed by atoms with van der Waals surface area (Å²) in [7, 11) is 7.29. The Morgan fingerprint density at radius 3 is 2.39 bits per heavy atom. The fourth-order valence-electron chi connectivity index (χ4n) is 3.14. The molecule has 2 N–H and O–H groups in total. The summed E-state index contributed by atoms with van der Waals surface area (Å²) in [6.07, 6.45) is 2.35. The number of ether oxygens (including phenoxy) is 2. The lowest BCUT2D eigenvalue weighted by atomic mass is 10.2. The van der Waals surface area contributed by atoms with Gasteiger partial charge in [-0.25, -0.2) is 0 Å². The minimum Gasteiger partial charge on any atom is -0.493 e. The highest BCUT2D eigenvalue weighted by molar-refractivity contribution is 14.0. The summed E-state index contributed by atoms with van der Waals surface area (Å²) >= 11 is 0. The van der Waals surface area contributed by atoms with E-state index in [1.807, 2.05) is 18.2 Å². The molecule has 0 aliphatic carbocycles. The summed E-state index contributed by atoms with van der Waals surface area (Å²) in [4.78, 5) is 9.25. The van der Waals surface area contributed by atoms with E-state index in [9.17, 15) is 0 Å². The predicted octanol–water partition coefficient (Wildman–Crippen LogP) is 2.01. The molecule has 7 nitrogen and oxygen atoms in total. The van der Waals surface area contributed by atoms with Gasteiger partial charge in [0.05, 0.1) is 14.2 Å². The van der Waals surface area contributed by atoms with E-state index < -0.39 is 0 Å². The van der Waals surface area contributed by atoms with Gasteiger partial charge < -0.3 is 29.9 Å². The lowest BCUT2D eigenvalue weighted by Gasteiger charge is -2.32. The molecule has 0 atom stereocenters. The molecule has 160 valence electrons. The number of guanidine groups is 1. The Hall–Kier alpha value is -1.26. The van der Waals surface area contributed by atoms with Gasteiger partial charge in [-0.1, -0.05) is 6.07 Å². The number of hydrogen-bond donors (Lipinski definition) is 2. The van der Waals surface area contributed by atoms with E-state index in [2.05, 4.69) is 32.5 Å². The molecule has 1 heterocycles. The molecule has 1 aliphatic rings. The molecule has 0 spiro atoms. The first-order valence-corrected chi connectivity index (χ1v) is 9.72. The fourth-order valence-corrected chi connectivity index (χ4v) is 3.14. The molecule has 0 bridgehead atoms. The molecule has 8 heteroatoms. The van der Waals surface area contributed by atoms with Crippen molar-refractivity contribution >= 4 is 29.9 Å². The van der Waals surface area contributed by atoms with Crippen molar-refractivity contribution in [1.82, 2.24) is 20.4 Å².